The van der Waals surface area contributed by atoms with Crippen LogP contribution in [0.25, 0.3) is 0 Å². The molecule has 1 atom stereocenters. The number of carbonyl (C=O) groups is 2. The first-order valence-corrected chi connectivity index (χ1v) is 7.17. The maximum Gasteiger partial charge on any atom is 0.239 e. The smallest absolute Gasteiger partial charge is 0.239 e. The van der Waals surface area contributed by atoms with Gasteiger partial charge in [-0.05, 0) is 18.8 Å². The lowest BCUT2D eigenvalue weighted by atomic mass is 10.00. The van der Waals surface area contributed by atoms with E-state index in [1.807, 2.05) is 32.6 Å². The van der Waals surface area contributed by atoms with Crippen molar-refractivity contribution in [3.8, 4) is 0 Å². The molecule has 20 heavy (non-hydrogen) atoms. The molecule has 1 rings (SSSR count). The third kappa shape index (κ3) is 5.29. The average Bonchev–Trinajstić information content (AvgIpc) is 2.37. The summed E-state index contributed by atoms with van der Waals surface area (Å²) in [5.74, 6) is 0.284. The molecule has 0 bridgehead atoms. The maximum absolute atomic E-state index is 12.1. The van der Waals surface area contributed by atoms with Crippen LogP contribution in [0.15, 0.2) is 0 Å². The van der Waals surface area contributed by atoms with E-state index in [9.17, 15) is 9.59 Å². The van der Waals surface area contributed by atoms with Crippen LogP contribution in [0.2, 0.25) is 0 Å². The molecule has 1 aliphatic rings. The van der Waals surface area contributed by atoms with Crippen LogP contribution in [0.4, 0.5) is 0 Å². The van der Waals surface area contributed by atoms with Crippen LogP contribution >= 0.6 is 12.4 Å². The zero-order chi connectivity index (χ0) is 14.6. The Hall–Kier alpha value is -0.810. The Labute approximate surface area is 128 Å². The second kappa shape index (κ2) is 8.47. The Morgan fingerprint density at radius 3 is 2.05 bits per heavy atom. The van der Waals surface area contributed by atoms with Crippen molar-refractivity contribution in [2.45, 2.75) is 52.6 Å². The zero-order valence-electron chi connectivity index (χ0n) is 12.9. The van der Waals surface area contributed by atoms with Gasteiger partial charge >= 0.3 is 0 Å². The van der Waals surface area contributed by atoms with Crippen molar-refractivity contribution in [3.05, 3.63) is 0 Å². The minimum absolute atomic E-state index is 0. The van der Waals surface area contributed by atoms with Gasteiger partial charge in [0.25, 0.3) is 0 Å². The van der Waals surface area contributed by atoms with E-state index in [-0.39, 0.29) is 42.1 Å². The molecule has 0 aromatic carbocycles. The molecular formula is C14H28ClN3O2. The van der Waals surface area contributed by atoms with Crippen molar-refractivity contribution in [1.82, 2.24) is 10.2 Å². The fourth-order valence-corrected chi connectivity index (χ4v) is 2.11. The van der Waals surface area contributed by atoms with E-state index < -0.39 is 6.04 Å². The van der Waals surface area contributed by atoms with Gasteiger partial charge < -0.3 is 16.0 Å². The van der Waals surface area contributed by atoms with E-state index in [0.717, 1.165) is 12.8 Å². The number of nitrogens with two attached hydrogens (primary N) is 1. The van der Waals surface area contributed by atoms with Gasteiger partial charge in [0, 0.05) is 25.0 Å². The van der Waals surface area contributed by atoms with Crippen LogP contribution in [0, 0.1) is 11.8 Å². The third-order valence-electron chi connectivity index (χ3n) is 3.68. The number of amides is 2. The first-order chi connectivity index (χ1) is 8.82. The number of nitrogens with zero attached hydrogens (tertiary/aromatic N) is 1. The van der Waals surface area contributed by atoms with Crippen LogP contribution in [-0.2, 0) is 9.59 Å². The third-order valence-corrected chi connectivity index (χ3v) is 3.68. The number of nitrogens with one attached hydrogen (secondary N) is 1. The van der Waals surface area contributed by atoms with Crippen molar-refractivity contribution in [3.63, 3.8) is 0 Å². The number of hydrogen-bond acceptors (Lipinski definition) is 3. The highest BCUT2D eigenvalue weighted by atomic mass is 35.5. The summed E-state index contributed by atoms with van der Waals surface area (Å²) in [7, 11) is 0. The molecule has 3 N–H and O–H groups in total. The molecule has 1 heterocycles. The Morgan fingerprint density at radius 2 is 1.65 bits per heavy atom. The highest BCUT2D eigenvalue weighted by Crippen LogP contribution is 2.13. The topological polar surface area (TPSA) is 75.4 Å². The maximum atomic E-state index is 12.1. The van der Waals surface area contributed by atoms with Gasteiger partial charge in [-0.2, -0.15) is 0 Å². The van der Waals surface area contributed by atoms with Gasteiger partial charge in [-0.25, -0.2) is 0 Å². The summed E-state index contributed by atoms with van der Waals surface area (Å²) in [6.45, 7) is 9.05. The average molecular weight is 306 g/mol. The summed E-state index contributed by atoms with van der Waals surface area (Å²) in [5, 5.41) is 3.02. The summed E-state index contributed by atoms with van der Waals surface area (Å²) in [6.07, 6.45) is 1.63. The molecule has 0 saturated carbocycles. The predicted octanol–water partition coefficient (Wildman–Crippen LogP) is 1.15. The van der Waals surface area contributed by atoms with E-state index in [0.29, 0.717) is 13.1 Å². The van der Waals surface area contributed by atoms with Crippen LogP contribution in [-0.4, -0.2) is 41.9 Å². The molecule has 0 aliphatic carbocycles. The largest absolute Gasteiger partial charge is 0.353 e. The van der Waals surface area contributed by atoms with Gasteiger partial charge in [0.1, 0.15) is 0 Å². The SMILES string of the molecule is CC(C)C(=O)NC1CCN(C(=O)C(N)C(C)C)CC1.Cl. The Bertz CT molecular complexity index is 326. The number of likely N-dealkylation sites (tertiary alicyclic amines) is 1. The monoisotopic (exact) mass is 305 g/mol. The summed E-state index contributed by atoms with van der Waals surface area (Å²) in [5.41, 5.74) is 5.89. The molecule has 0 radical (unpaired) electrons. The lowest BCUT2D eigenvalue weighted by Crippen LogP contribution is -2.52. The molecule has 2 amide bonds. The summed E-state index contributed by atoms with van der Waals surface area (Å²) in [4.78, 5) is 25.5. The minimum Gasteiger partial charge on any atom is -0.353 e. The number of carbonyl (C=O) groups excluding carboxylic acids is 2. The van der Waals surface area contributed by atoms with Crippen molar-refractivity contribution >= 4 is 24.2 Å². The summed E-state index contributed by atoms with van der Waals surface area (Å²) in [6, 6.07) is -0.226. The number of halogens is 1. The zero-order valence-corrected chi connectivity index (χ0v) is 13.7. The second-order valence-electron chi connectivity index (χ2n) is 6.03. The highest BCUT2D eigenvalue weighted by molar-refractivity contribution is 5.85. The summed E-state index contributed by atoms with van der Waals surface area (Å²) < 4.78 is 0. The molecule has 6 heteroatoms. The molecule has 1 saturated heterocycles. The van der Waals surface area contributed by atoms with Crippen LogP contribution < -0.4 is 11.1 Å². The van der Waals surface area contributed by atoms with Crippen molar-refractivity contribution < 1.29 is 9.59 Å². The number of hydrogen-bond donors (Lipinski definition) is 2. The molecule has 0 spiro atoms. The summed E-state index contributed by atoms with van der Waals surface area (Å²) >= 11 is 0. The standard InChI is InChI=1S/C14H27N3O2.ClH/c1-9(2)12(15)14(19)17-7-5-11(6-8-17)16-13(18)10(3)4;/h9-12H,5-8,15H2,1-4H3,(H,16,18);1H. The quantitative estimate of drug-likeness (QED) is 0.818. The Kier molecular flexibility index (Phi) is 8.13. The van der Waals surface area contributed by atoms with E-state index in [1.165, 1.54) is 0 Å². The van der Waals surface area contributed by atoms with Gasteiger partial charge in [-0.3, -0.25) is 9.59 Å². The lowest BCUT2D eigenvalue weighted by molar-refractivity contribution is -0.134. The van der Waals surface area contributed by atoms with E-state index in [4.69, 9.17) is 5.73 Å². The van der Waals surface area contributed by atoms with E-state index in [2.05, 4.69) is 5.32 Å². The molecule has 118 valence electrons. The van der Waals surface area contributed by atoms with Gasteiger partial charge in [-0.1, -0.05) is 27.7 Å². The molecule has 5 nitrogen and oxygen atoms in total. The van der Waals surface area contributed by atoms with Gasteiger partial charge in [0.2, 0.25) is 11.8 Å². The van der Waals surface area contributed by atoms with E-state index in [1.54, 1.807) is 0 Å². The highest BCUT2D eigenvalue weighted by Gasteiger charge is 2.28. The molecule has 1 fully saturated rings. The fourth-order valence-electron chi connectivity index (χ4n) is 2.11. The number of rotatable bonds is 4. The molecule has 0 aromatic heterocycles. The first-order valence-electron chi connectivity index (χ1n) is 7.17. The van der Waals surface area contributed by atoms with Crippen molar-refractivity contribution in [2.75, 3.05) is 13.1 Å². The Morgan fingerprint density at radius 1 is 1.15 bits per heavy atom. The van der Waals surface area contributed by atoms with E-state index >= 15 is 0 Å². The van der Waals surface area contributed by atoms with Crippen LogP contribution in [0.1, 0.15) is 40.5 Å². The van der Waals surface area contributed by atoms with Crippen molar-refractivity contribution in [2.24, 2.45) is 17.6 Å². The Balaban J connectivity index is 0.00000361. The molecule has 1 aliphatic heterocycles. The van der Waals surface area contributed by atoms with Gasteiger partial charge in [0.05, 0.1) is 6.04 Å². The second-order valence-corrected chi connectivity index (χ2v) is 6.03. The normalized spacial score (nSPS) is 17.9. The van der Waals surface area contributed by atoms with Crippen LogP contribution in [0.3, 0.4) is 0 Å². The molecular weight excluding hydrogens is 278 g/mol. The fraction of sp³-hybridized carbons (Fsp3) is 0.857. The van der Waals surface area contributed by atoms with Gasteiger partial charge in [0.15, 0.2) is 0 Å². The van der Waals surface area contributed by atoms with Gasteiger partial charge in [-0.15, -0.1) is 12.4 Å². The first kappa shape index (κ1) is 19.2. The number of piperidine rings is 1. The van der Waals surface area contributed by atoms with Crippen LogP contribution in [0.5, 0.6) is 0 Å². The lowest BCUT2D eigenvalue weighted by Gasteiger charge is -2.34. The molecule has 0 aromatic rings. The van der Waals surface area contributed by atoms with Crippen molar-refractivity contribution in [1.29, 1.82) is 0 Å². The minimum atomic E-state index is -0.415. The predicted molar refractivity (Wildman–Crippen MR) is 82.6 cm³/mol. The molecule has 1 unspecified atom stereocenters.